The van der Waals surface area contributed by atoms with E-state index in [1.165, 1.54) is 13.1 Å². The van der Waals surface area contributed by atoms with Crippen molar-refractivity contribution in [3.8, 4) is 0 Å². The van der Waals surface area contributed by atoms with E-state index in [4.69, 9.17) is 16.3 Å². The number of fused-ring (bicyclic) bond motifs is 1. The van der Waals surface area contributed by atoms with Crippen molar-refractivity contribution in [3.05, 3.63) is 53.3 Å². The van der Waals surface area contributed by atoms with E-state index >= 15 is 0 Å². The lowest BCUT2D eigenvalue weighted by atomic mass is 10.2. The number of rotatable bonds is 5. The second-order valence-corrected chi connectivity index (χ2v) is 6.74. The molecule has 0 bridgehead atoms. The fourth-order valence-corrected chi connectivity index (χ4v) is 2.69. The molecule has 0 spiro atoms. The van der Waals surface area contributed by atoms with E-state index in [-0.39, 0.29) is 11.6 Å². The van der Waals surface area contributed by atoms with E-state index < -0.39 is 18.0 Å². The van der Waals surface area contributed by atoms with E-state index in [9.17, 15) is 9.59 Å². The molecular weight excluding hydrogens is 368 g/mol. The number of hydrogen-bond donors (Lipinski definition) is 1. The molecule has 2 aromatic heterocycles. The van der Waals surface area contributed by atoms with Gasteiger partial charge in [-0.15, -0.1) is 0 Å². The summed E-state index contributed by atoms with van der Waals surface area (Å²) in [5, 5.41) is 8.03. The highest BCUT2D eigenvalue weighted by Crippen LogP contribution is 2.21. The number of carbonyl (C=O) groups excluding carboxylic acids is 2. The molecule has 0 radical (unpaired) electrons. The third-order valence-electron chi connectivity index (χ3n) is 3.94. The SMILES string of the molecule is CC(OC(=O)c1cnc2c(cnn2C(C)C)c1)C(=O)Nc1ccccc1Cl. The summed E-state index contributed by atoms with van der Waals surface area (Å²) in [6.45, 7) is 5.48. The van der Waals surface area contributed by atoms with Crippen LogP contribution in [0.25, 0.3) is 11.0 Å². The van der Waals surface area contributed by atoms with Gasteiger partial charge in [-0.2, -0.15) is 5.10 Å². The van der Waals surface area contributed by atoms with Gasteiger partial charge in [-0.05, 0) is 39.0 Å². The van der Waals surface area contributed by atoms with Gasteiger partial charge in [0.2, 0.25) is 0 Å². The van der Waals surface area contributed by atoms with Gasteiger partial charge in [0, 0.05) is 17.6 Å². The van der Waals surface area contributed by atoms with Gasteiger partial charge in [0.1, 0.15) is 0 Å². The molecule has 1 amide bonds. The fraction of sp³-hybridized carbons (Fsp3) is 0.263. The molecule has 8 heteroatoms. The molecular formula is C19H19ClN4O3. The van der Waals surface area contributed by atoms with E-state index in [1.54, 1.807) is 41.2 Å². The predicted molar refractivity (Wildman–Crippen MR) is 103 cm³/mol. The molecule has 2 heterocycles. The van der Waals surface area contributed by atoms with Crippen LogP contribution in [0.3, 0.4) is 0 Å². The number of nitrogens with one attached hydrogen (secondary N) is 1. The number of anilines is 1. The summed E-state index contributed by atoms with van der Waals surface area (Å²) in [4.78, 5) is 28.9. The van der Waals surface area contributed by atoms with Gasteiger partial charge in [0.05, 0.1) is 22.5 Å². The number of hydrogen-bond acceptors (Lipinski definition) is 5. The Morgan fingerprint density at radius 2 is 1.93 bits per heavy atom. The van der Waals surface area contributed by atoms with Crippen LogP contribution in [-0.4, -0.2) is 32.7 Å². The molecule has 0 saturated carbocycles. The number of benzene rings is 1. The van der Waals surface area contributed by atoms with Crippen LogP contribution in [0.15, 0.2) is 42.7 Å². The minimum Gasteiger partial charge on any atom is -0.449 e. The molecule has 0 saturated heterocycles. The summed E-state index contributed by atoms with van der Waals surface area (Å²) < 4.78 is 7.02. The molecule has 0 fully saturated rings. The molecule has 1 unspecified atom stereocenters. The third kappa shape index (κ3) is 4.09. The number of esters is 1. The van der Waals surface area contributed by atoms with Crippen molar-refractivity contribution in [2.24, 2.45) is 0 Å². The number of ether oxygens (including phenoxy) is 1. The maximum Gasteiger partial charge on any atom is 0.340 e. The lowest BCUT2D eigenvalue weighted by Crippen LogP contribution is -2.30. The Hall–Kier alpha value is -2.93. The smallest absolute Gasteiger partial charge is 0.340 e. The summed E-state index contributed by atoms with van der Waals surface area (Å²) in [5.41, 5.74) is 1.39. The molecule has 7 nitrogen and oxygen atoms in total. The molecule has 27 heavy (non-hydrogen) atoms. The van der Waals surface area contributed by atoms with Gasteiger partial charge in [-0.1, -0.05) is 23.7 Å². The standard InChI is InChI=1S/C19H19ClN4O3/c1-11(2)24-17-13(10-22-24)8-14(9-21-17)19(26)27-12(3)18(25)23-16-7-5-4-6-15(16)20/h4-12H,1-3H3,(H,23,25). The van der Waals surface area contributed by atoms with Crippen LogP contribution in [-0.2, 0) is 9.53 Å². The Balaban J connectivity index is 1.70. The molecule has 1 atom stereocenters. The number of pyridine rings is 1. The Bertz CT molecular complexity index is 1000. The molecule has 3 aromatic rings. The Morgan fingerprint density at radius 1 is 1.19 bits per heavy atom. The molecule has 0 aliphatic carbocycles. The van der Waals surface area contributed by atoms with E-state index in [1.807, 2.05) is 13.8 Å². The zero-order valence-corrected chi connectivity index (χ0v) is 15.9. The molecule has 140 valence electrons. The van der Waals surface area contributed by atoms with Gasteiger partial charge in [-0.3, -0.25) is 4.79 Å². The topological polar surface area (TPSA) is 86.1 Å². The van der Waals surface area contributed by atoms with Crippen molar-refractivity contribution in [2.45, 2.75) is 32.9 Å². The highest BCUT2D eigenvalue weighted by atomic mass is 35.5. The number of para-hydroxylation sites is 1. The first-order valence-corrected chi connectivity index (χ1v) is 8.84. The second kappa shape index (κ2) is 7.75. The van der Waals surface area contributed by atoms with Gasteiger partial charge < -0.3 is 10.1 Å². The first-order chi connectivity index (χ1) is 12.9. The van der Waals surface area contributed by atoms with Crippen molar-refractivity contribution in [1.29, 1.82) is 0 Å². The van der Waals surface area contributed by atoms with Crippen molar-refractivity contribution < 1.29 is 14.3 Å². The number of aromatic nitrogens is 3. The molecule has 0 aliphatic heterocycles. The molecule has 0 aliphatic rings. The van der Waals surface area contributed by atoms with Gasteiger partial charge in [0.15, 0.2) is 11.8 Å². The Labute approximate surface area is 161 Å². The predicted octanol–water partition coefficient (Wildman–Crippen LogP) is 3.85. The largest absolute Gasteiger partial charge is 0.449 e. The number of halogens is 1. The Kier molecular flexibility index (Phi) is 5.41. The van der Waals surface area contributed by atoms with Crippen LogP contribution in [0, 0.1) is 0 Å². The second-order valence-electron chi connectivity index (χ2n) is 6.34. The monoisotopic (exact) mass is 386 g/mol. The van der Waals surface area contributed by atoms with Crippen molar-refractivity contribution in [3.63, 3.8) is 0 Å². The van der Waals surface area contributed by atoms with Crippen LogP contribution in [0.4, 0.5) is 5.69 Å². The zero-order chi connectivity index (χ0) is 19.6. The van der Waals surface area contributed by atoms with E-state index in [0.29, 0.717) is 16.4 Å². The summed E-state index contributed by atoms with van der Waals surface area (Å²) in [5.74, 6) is -1.11. The van der Waals surface area contributed by atoms with Gasteiger partial charge >= 0.3 is 5.97 Å². The van der Waals surface area contributed by atoms with Crippen LogP contribution < -0.4 is 5.32 Å². The molecule has 3 rings (SSSR count). The lowest BCUT2D eigenvalue weighted by molar-refractivity contribution is -0.123. The van der Waals surface area contributed by atoms with Gasteiger partial charge in [-0.25, -0.2) is 14.5 Å². The summed E-state index contributed by atoms with van der Waals surface area (Å²) in [6.07, 6.45) is 2.07. The molecule has 1 aromatic carbocycles. The van der Waals surface area contributed by atoms with E-state index in [0.717, 1.165) is 5.39 Å². The lowest BCUT2D eigenvalue weighted by Gasteiger charge is -2.14. The first kappa shape index (κ1) is 18.8. The summed E-state index contributed by atoms with van der Waals surface area (Å²) in [6, 6.07) is 8.63. The zero-order valence-electron chi connectivity index (χ0n) is 15.1. The minimum absolute atomic E-state index is 0.154. The van der Waals surface area contributed by atoms with Crippen LogP contribution in [0.2, 0.25) is 5.02 Å². The minimum atomic E-state index is -0.997. The average Bonchev–Trinajstić information content (AvgIpc) is 3.06. The summed E-state index contributed by atoms with van der Waals surface area (Å²) >= 11 is 6.02. The maximum absolute atomic E-state index is 12.4. The third-order valence-corrected chi connectivity index (χ3v) is 4.27. The van der Waals surface area contributed by atoms with E-state index in [2.05, 4.69) is 15.4 Å². The maximum atomic E-state index is 12.4. The highest BCUT2D eigenvalue weighted by Gasteiger charge is 2.21. The average molecular weight is 387 g/mol. The summed E-state index contributed by atoms with van der Waals surface area (Å²) in [7, 11) is 0. The van der Waals surface area contributed by atoms with Crippen LogP contribution in [0.1, 0.15) is 37.2 Å². The highest BCUT2D eigenvalue weighted by molar-refractivity contribution is 6.33. The Morgan fingerprint density at radius 3 is 2.63 bits per heavy atom. The number of nitrogens with zero attached hydrogens (tertiary/aromatic N) is 3. The van der Waals surface area contributed by atoms with Crippen molar-refractivity contribution >= 4 is 40.2 Å². The molecule has 1 N–H and O–H groups in total. The van der Waals surface area contributed by atoms with Crippen LogP contribution in [0.5, 0.6) is 0 Å². The quantitative estimate of drug-likeness (QED) is 0.673. The first-order valence-electron chi connectivity index (χ1n) is 8.46. The van der Waals surface area contributed by atoms with Crippen molar-refractivity contribution in [2.75, 3.05) is 5.32 Å². The number of carbonyl (C=O) groups is 2. The normalized spacial score (nSPS) is 12.2. The fourth-order valence-electron chi connectivity index (χ4n) is 2.51. The van der Waals surface area contributed by atoms with Crippen LogP contribution >= 0.6 is 11.6 Å². The van der Waals surface area contributed by atoms with Gasteiger partial charge in [0.25, 0.3) is 5.91 Å². The number of amides is 1. The van der Waals surface area contributed by atoms with Crippen molar-refractivity contribution in [1.82, 2.24) is 14.8 Å².